The molecule has 0 saturated carbocycles. The van der Waals surface area contributed by atoms with E-state index < -0.39 is 0 Å². The number of hydrogen-bond acceptors (Lipinski definition) is 2. The molecule has 2 rings (SSSR count). The third kappa shape index (κ3) is 2.96. The van der Waals surface area contributed by atoms with Crippen LogP contribution in [0.2, 0.25) is 0 Å². The number of benzene rings is 1. The highest BCUT2D eigenvalue weighted by Crippen LogP contribution is 2.15. The Balaban J connectivity index is 2.15. The van der Waals surface area contributed by atoms with Crippen molar-refractivity contribution in [3.63, 3.8) is 0 Å². The smallest absolute Gasteiger partial charge is 0.316 e. The number of hydrogen-bond donors (Lipinski definition) is 2. The average molecular weight is 278 g/mol. The minimum Gasteiger partial charge on any atom is -0.336 e. The maximum atomic E-state index is 11.4. The van der Waals surface area contributed by atoms with Crippen LogP contribution < -0.4 is 5.32 Å². The minimum absolute atomic E-state index is 0.0952. The Bertz CT molecular complexity index is 656. The number of carbonyl (C=O) groups excluding carboxylic acids is 1. The number of fused-ring (bicyclic) bond motifs is 1. The fourth-order valence-electron chi connectivity index (χ4n) is 1.93. The van der Waals surface area contributed by atoms with Crippen molar-refractivity contribution in [2.75, 3.05) is 20.6 Å². The molecule has 2 N–H and O–H groups in total. The van der Waals surface area contributed by atoms with Crippen LogP contribution in [0.4, 0.5) is 4.79 Å². The molecule has 2 amide bonds. The van der Waals surface area contributed by atoms with E-state index in [1.807, 2.05) is 17.6 Å². The Morgan fingerprint density at radius 1 is 1.47 bits per heavy atom. The van der Waals surface area contributed by atoms with Gasteiger partial charge < -0.3 is 19.8 Å². The monoisotopic (exact) mass is 278 g/mol. The Morgan fingerprint density at radius 2 is 2.21 bits per heavy atom. The molecule has 0 bridgehead atoms. The predicted octanol–water partition coefficient (Wildman–Crippen LogP) is 2.28. The molecule has 5 nitrogen and oxygen atoms in total. The number of aromatic amines is 1. The zero-order valence-electron chi connectivity index (χ0n) is 11.4. The summed E-state index contributed by atoms with van der Waals surface area (Å²) in [7, 11) is 3.44. The van der Waals surface area contributed by atoms with Gasteiger partial charge >= 0.3 is 6.03 Å². The van der Waals surface area contributed by atoms with Gasteiger partial charge in [-0.1, -0.05) is 6.07 Å². The summed E-state index contributed by atoms with van der Waals surface area (Å²) in [6, 6.07) is 6.08. The van der Waals surface area contributed by atoms with E-state index in [4.69, 9.17) is 12.2 Å². The van der Waals surface area contributed by atoms with E-state index in [9.17, 15) is 4.79 Å². The van der Waals surface area contributed by atoms with Crippen LogP contribution in [-0.2, 0) is 6.54 Å². The molecule has 0 aliphatic carbocycles. The van der Waals surface area contributed by atoms with Gasteiger partial charge in [-0.05, 0) is 36.8 Å². The Morgan fingerprint density at radius 3 is 2.89 bits per heavy atom. The van der Waals surface area contributed by atoms with Gasteiger partial charge in [-0.3, -0.25) is 0 Å². The zero-order chi connectivity index (χ0) is 14.0. The quantitative estimate of drug-likeness (QED) is 0.846. The number of nitrogens with one attached hydrogen (secondary N) is 2. The van der Waals surface area contributed by atoms with Crippen LogP contribution in [0.3, 0.4) is 0 Å². The molecule has 0 radical (unpaired) electrons. The topological polar surface area (TPSA) is 53.1 Å². The fraction of sp³-hybridized carbons (Fsp3) is 0.385. The lowest BCUT2D eigenvalue weighted by Crippen LogP contribution is -2.36. The number of aryl methyl sites for hydroxylation is 1. The predicted molar refractivity (Wildman–Crippen MR) is 78.9 cm³/mol. The molecule has 0 spiro atoms. The molecule has 0 aliphatic heterocycles. The van der Waals surface area contributed by atoms with Crippen molar-refractivity contribution in [3.8, 4) is 0 Å². The summed E-state index contributed by atoms with van der Waals surface area (Å²) in [4.78, 5) is 16.1. The van der Waals surface area contributed by atoms with Crippen LogP contribution in [0.25, 0.3) is 11.0 Å². The molecule has 1 aromatic heterocycles. The van der Waals surface area contributed by atoms with Crippen LogP contribution in [0.15, 0.2) is 18.2 Å². The summed E-state index contributed by atoms with van der Waals surface area (Å²) >= 11 is 5.31. The Labute approximate surface area is 117 Å². The molecule has 0 aliphatic rings. The fourth-order valence-corrected chi connectivity index (χ4v) is 2.23. The average Bonchev–Trinajstić information content (AvgIpc) is 2.64. The minimum atomic E-state index is -0.0952. The van der Waals surface area contributed by atoms with Crippen LogP contribution in [0.5, 0.6) is 0 Å². The second-order valence-corrected chi connectivity index (χ2v) is 5.12. The highest BCUT2D eigenvalue weighted by atomic mass is 32.1. The largest absolute Gasteiger partial charge is 0.336 e. The van der Waals surface area contributed by atoms with E-state index in [0.29, 0.717) is 17.9 Å². The first-order chi connectivity index (χ1) is 8.99. The third-order valence-electron chi connectivity index (χ3n) is 2.95. The van der Waals surface area contributed by atoms with Gasteiger partial charge in [-0.2, -0.15) is 0 Å². The second-order valence-electron chi connectivity index (χ2n) is 4.73. The molecule has 2 aromatic rings. The molecule has 1 heterocycles. The van der Waals surface area contributed by atoms with Gasteiger partial charge in [-0.25, -0.2) is 4.79 Å². The van der Waals surface area contributed by atoms with Gasteiger partial charge in [0.1, 0.15) is 0 Å². The maximum absolute atomic E-state index is 11.4. The number of nitrogens with zero attached hydrogens (tertiary/aromatic N) is 2. The number of aromatic nitrogens is 2. The standard InChI is InChI=1S/C13H18N4OS/c1-9-4-5-11-10(8-9)15-13(19)17(11)7-6-14-12(18)16(2)3/h4-5,8H,6-7H2,1-3H3,(H,14,18)(H,15,19). The summed E-state index contributed by atoms with van der Waals surface area (Å²) in [5.41, 5.74) is 3.29. The van der Waals surface area contributed by atoms with Gasteiger partial charge in [0.15, 0.2) is 4.77 Å². The molecule has 1 aromatic carbocycles. The van der Waals surface area contributed by atoms with Crippen LogP contribution in [-0.4, -0.2) is 41.1 Å². The van der Waals surface area contributed by atoms with Crippen molar-refractivity contribution in [3.05, 3.63) is 28.5 Å². The van der Waals surface area contributed by atoms with Gasteiger partial charge in [0.2, 0.25) is 0 Å². The van der Waals surface area contributed by atoms with Gasteiger partial charge in [0.05, 0.1) is 11.0 Å². The molecule has 6 heteroatoms. The van der Waals surface area contributed by atoms with Gasteiger partial charge in [-0.15, -0.1) is 0 Å². The molecule has 102 valence electrons. The molecule has 0 fully saturated rings. The summed E-state index contributed by atoms with van der Waals surface area (Å²) in [5.74, 6) is 0. The summed E-state index contributed by atoms with van der Waals surface area (Å²) in [6.07, 6.45) is 0. The Hall–Kier alpha value is -1.82. The Kier molecular flexibility index (Phi) is 3.90. The van der Waals surface area contributed by atoms with E-state index in [2.05, 4.69) is 22.4 Å². The number of H-pyrrole nitrogens is 1. The summed E-state index contributed by atoms with van der Waals surface area (Å²) < 4.78 is 2.68. The number of imidazole rings is 1. The highest BCUT2D eigenvalue weighted by Gasteiger charge is 2.06. The van der Waals surface area contributed by atoms with Crippen molar-refractivity contribution < 1.29 is 4.79 Å². The first kappa shape index (κ1) is 13.6. The van der Waals surface area contributed by atoms with Crippen LogP contribution in [0.1, 0.15) is 5.56 Å². The normalized spacial score (nSPS) is 10.7. The van der Waals surface area contributed by atoms with E-state index in [1.165, 1.54) is 10.5 Å². The SMILES string of the molecule is Cc1ccc2c(c1)[nH]c(=S)n2CCNC(=O)N(C)C. The molecular formula is C13H18N4OS. The first-order valence-corrected chi connectivity index (χ1v) is 6.54. The van der Waals surface area contributed by atoms with E-state index in [0.717, 1.165) is 11.0 Å². The lowest BCUT2D eigenvalue weighted by Gasteiger charge is -2.12. The van der Waals surface area contributed by atoms with E-state index in [1.54, 1.807) is 14.1 Å². The van der Waals surface area contributed by atoms with E-state index >= 15 is 0 Å². The van der Waals surface area contributed by atoms with Crippen LogP contribution >= 0.6 is 12.2 Å². The molecule has 0 unspecified atom stereocenters. The van der Waals surface area contributed by atoms with E-state index in [-0.39, 0.29) is 6.03 Å². The van der Waals surface area contributed by atoms with Crippen molar-refractivity contribution in [2.24, 2.45) is 0 Å². The molecule has 19 heavy (non-hydrogen) atoms. The van der Waals surface area contributed by atoms with Crippen molar-refractivity contribution in [1.29, 1.82) is 0 Å². The molecule has 0 saturated heterocycles. The number of urea groups is 1. The second kappa shape index (κ2) is 5.44. The number of amides is 2. The lowest BCUT2D eigenvalue weighted by molar-refractivity contribution is 0.217. The summed E-state index contributed by atoms with van der Waals surface area (Å²) in [6.45, 7) is 3.25. The van der Waals surface area contributed by atoms with Crippen molar-refractivity contribution in [1.82, 2.24) is 19.8 Å². The molecular weight excluding hydrogens is 260 g/mol. The third-order valence-corrected chi connectivity index (χ3v) is 3.27. The number of carbonyl (C=O) groups is 1. The molecule has 0 atom stereocenters. The van der Waals surface area contributed by atoms with Crippen molar-refractivity contribution >= 4 is 29.3 Å². The van der Waals surface area contributed by atoms with Crippen molar-refractivity contribution in [2.45, 2.75) is 13.5 Å². The van der Waals surface area contributed by atoms with Gasteiger partial charge in [0, 0.05) is 27.2 Å². The maximum Gasteiger partial charge on any atom is 0.316 e. The first-order valence-electron chi connectivity index (χ1n) is 6.13. The lowest BCUT2D eigenvalue weighted by atomic mass is 10.2. The number of rotatable bonds is 3. The highest BCUT2D eigenvalue weighted by molar-refractivity contribution is 7.71. The van der Waals surface area contributed by atoms with Crippen LogP contribution in [0, 0.1) is 11.7 Å². The summed E-state index contributed by atoms with van der Waals surface area (Å²) in [5, 5.41) is 2.83. The van der Waals surface area contributed by atoms with Gasteiger partial charge in [0.25, 0.3) is 0 Å². The zero-order valence-corrected chi connectivity index (χ0v) is 12.2.